The van der Waals surface area contributed by atoms with Crippen molar-refractivity contribution in [2.45, 2.75) is 37.8 Å². The molecule has 4 atom stereocenters. The van der Waals surface area contributed by atoms with Crippen molar-refractivity contribution in [3.63, 3.8) is 0 Å². The maximum Gasteiger partial charge on any atom is 0.0866 e. The smallest absolute Gasteiger partial charge is 0.0866 e. The lowest BCUT2D eigenvalue weighted by molar-refractivity contribution is 0.275. The van der Waals surface area contributed by atoms with E-state index in [1.807, 2.05) is 0 Å². The van der Waals surface area contributed by atoms with Crippen LogP contribution in [0, 0.1) is 34.5 Å². The van der Waals surface area contributed by atoms with Gasteiger partial charge in [-0.05, 0) is 25.7 Å². The molecular formula is C10H12N4. The molecule has 2 saturated carbocycles. The van der Waals surface area contributed by atoms with Gasteiger partial charge in [-0.3, -0.25) is 0 Å². The number of nitrogens with zero attached hydrogens (tertiary/aromatic N) is 4. The zero-order chi connectivity index (χ0) is 9.97. The maximum absolute atomic E-state index is 8.69. The lowest BCUT2D eigenvalue weighted by Gasteiger charge is -2.30. The Labute approximate surface area is 83.2 Å². The first-order chi connectivity index (χ1) is 6.85. The third kappa shape index (κ3) is 1.48. The summed E-state index contributed by atoms with van der Waals surface area (Å²) < 4.78 is 0. The van der Waals surface area contributed by atoms with Gasteiger partial charge in [0.15, 0.2) is 0 Å². The van der Waals surface area contributed by atoms with Crippen molar-refractivity contribution in [2.24, 2.45) is 22.1 Å². The number of nitriles is 2. The third-order valence-corrected chi connectivity index (χ3v) is 3.17. The Hall–Kier alpha value is -1.42. The van der Waals surface area contributed by atoms with Crippen molar-refractivity contribution in [3.8, 4) is 12.1 Å². The molecule has 4 unspecified atom stereocenters. The second-order valence-electron chi connectivity index (χ2n) is 3.99. The van der Waals surface area contributed by atoms with Crippen LogP contribution in [0.4, 0.5) is 0 Å². The highest BCUT2D eigenvalue weighted by Gasteiger charge is 2.34. The summed E-state index contributed by atoms with van der Waals surface area (Å²) in [5.41, 5.74) is 0. The molecule has 0 aromatic rings. The summed E-state index contributed by atoms with van der Waals surface area (Å²) in [4.78, 5) is 0. The summed E-state index contributed by atoms with van der Waals surface area (Å²) in [6.07, 6.45) is 3.86. The maximum atomic E-state index is 8.69. The molecule has 4 heteroatoms. The van der Waals surface area contributed by atoms with Gasteiger partial charge < -0.3 is 0 Å². The van der Waals surface area contributed by atoms with Gasteiger partial charge in [0.2, 0.25) is 0 Å². The van der Waals surface area contributed by atoms with Crippen molar-refractivity contribution in [1.82, 2.24) is 0 Å². The van der Waals surface area contributed by atoms with Crippen LogP contribution in [-0.2, 0) is 0 Å². The molecule has 0 N–H and O–H groups in total. The van der Waals surface area contributed by atoms with Crippen molar-refractivity contribution in [1.29, 1.82) is 10.5 Å². The topological polar surface area (TPSA) is 72.3 Å². The highest BCUT2D eigenvalue weighted by atomic mass is 15.2. The molecular weight excluding hydrogens is 176 g/mol. The van der Waals surface area contributed by atoms with E-state index < -0.39 is 0 Å². The average molecular weight is 188 g/mol. The van der Waals surface area contributed by atoms with Crippen LogP contribution in [-0.4, -0.2) is 12.1 Å². The van der Waals surface area contributed by atoms with Crippen LogP contribution in [0.1, 0.15) is 25.7 Å². The summed E-state index contributed by atoms with van der Waals surface area (Å²) in [6, 6.07) is 4.66. The summed E-state index contributed by atoms with van der Waals surface area (Å²) in [7, 11) is 0. The van der Waals surface area contributed by atoms with Crippen LogP contribution in [0.3, 0.4) is 0 Å². The van der Waals surface area contributed by atoms with Crippen LogP contribution in [0.25, 0.3) is 0 Å². The predicted molar refractivity (Wildman–Crippen MR) is 49.1 cm³/mol. The largest absolute Gasteiger partial charge is 0.198 e. The fourth-order valence-corrected chi connectivity index (χ4v) is 1.71. The molecule has 0 amide bonds. The Kier molecular flexibility index (Phi) is 2.45. The highest BCUT2D eigenvalue weighted by Crippen LogP contribution is 2.33. The first kappa shape index (κ1) is 9.15. The minimum absolute atomic E-state index is 0.0689. The van der Waals surface area contributed by atoms with Gasteiger partial charge in [-0.1, -0.05) is 0 Å². The van der Waals surface area contributed by atoms with Gasteiger partial charge in [-0.2, -0.15) is 20.8 Å². The summed E-state index contributed by atoms with van der Waals surface area (Å²) >= 11 is 0. The van der Waals surface area contributed by atoms with Gasteiger partial charge in [0.25, 0.3) is 0 Å². The van der Waals surface area contributed by atoms with E-state index in [9.17, 15) is 0 Å². The van der Waals surface area contributed by atoms with Crippen LogP contribution >= 0.6 is 0 Å². The highest BCUT2D eigenvalue weighted by molar-refractivity contribution is 5.02. The van der Waals surface area contributed by atoms with E-state index in [1.165, 1.54) is 0 Å². The lowest BCUT2D eigenvalue weighted by atomic mass is 9.80. The van der Waals surface area contributed by atoms with E-state index in [1.54, 1.807) is 0 Å². The van der Waals surface area contributed by atoms with Gasteiger partial charge in [-0.15, -0.1) is 0 Å². The van der Waals surface area contributed by atoms with Crippen molar-refractivity contribution in [2.75, 3.05) is 0 Å². The summed E-state index contributed by atoms with van der Waals surface area (Å²) in [6.45, 7) is 0. The van der Waals surface area contributed by atoms with E-state index in [0.717, 1.165) is 25.7 Å². The van der Waals surface area contributed by atoms with E-state index in [2.05, 4.69) is 22.4 Å². The molecule has 4 nitrogen and oxygen atoms in total. The summed E-state index contributed by atoms with van der Waals surface area (Å²) in [5, 5.41) is 25.7. The SMILES string of the molecule is N#CC1CCC1N=NC1CCC1C#N. The molecule has 0 aliphatic heterocycles. The van der Waals surface area contributed by atoms with Crippen LogP contribution in [0.5, 0.6) is 0 Å². The van der Waals surface area contributed by atoms with E-state index >= 15 is 0 Å². The second kappa shape index (κ2) is 3.75. The minimum Gasteiger partial charge on any atom is -0.198 e. The van der Waals surface area contributed by atoms with Gasteiger partial charge in [0, 0.05) is 0 Å². The molecule has 0 heterocycles. The molecule has 2 aliphatic carbocycles. The summed E-state index contributed by atoms with van der Waals surface area (Å²) in [5.74, 6) is 0.138. The molecule has 2 aliphatic rings. The molecule has 0 bridgehead atoms. The van der Waals surface area contributed by atoms with Crippen LogP contribution in [0.15, 0.2) is 10.2 Å². The first-order valence-electron chi connectivity index (χ1n) is 5.04. The Morgan fingerprint density at radius 3 is 1.43 bits per heavy atom. The monoisotopic (exact) mass is 188 g/mol. The number of hydrogen-bond donors (Lipinski definition) is 0. The van der Waals surface area contributed by atoms with Gasteiger partial charge >= 0.3 is 0 Å². The van der Waals surface area contributed by atoms with Gasteiger partial charge in [-0.25, -0.2) is 0 Å². The Balaban J connectivity index is 1.83. The molecule has 0 radical (unpaired) electrons. The normalized spacial score (nSPS) is 40.7. The molecule has 72 valence electrons. The van der Waals surface area contributed by atoms with Crippen LogP contribution < -0.4 is 0 Å². The number of azo groups is 1. The minimum atomic E-state index is 0.0689. The molecule has 14 heavy (non-hydrogen) atoms. The van der Waals surface area contributed by atoms with Crippen molar-refractivity contribution < 1.29 is 0 Å². The first-order valence-corrected chi connectivity index (χ1v) is 5.04. The quantitative estimate of drug-likeness (QED) is 0.622. The number of rotatable bonds is 2. The molecule has 0 saturated heterocycles. The predicted octanol–water partition coefficient (Wildman–Crippen LogP) is 2.04. The van der Waals surface area contributed by atoms with E-state index in [-0.39, 0.29) is 23.9 Å². The second-order valence-corrected chi connectivity index (χ2v) is 3.99. The van der Waals surface area contributed by atoms with Crippen molar-refractivity contribution >= 4 is 0 Å². The lowest BCUT2D eigenvalue weighted by Crippen LogP contribution is -2.31. The van der Waals surface area contributed by atoms with E-state index in [0.29, 0.717) is 0 Å². The zero-order valence-electron chi connectivity index (χ0n) is 7.93. The van der Waals surface area contributed by atoms with Gasteiger partial charge in [0.1, 0.15) is 0 Å². The van der Waals surface area contributed by atoms with Crippen LogP contribution in [0.2, 0.25) is 0 Å². The van der Waals surface area contributed by atoms with Crippen molar-refractivity contribution in [3.05, 3.63) is 0 Å². The molecule has 0 aromatic heterocycles. The zero-order valence-corrected chi connectivity index (χ0v) is 7.93. The number of hydrogen-bond acceptors (Lipinski definition) is 4. The molecule has 2 fully saturated rings. The molecule has 0 aromatic carbocycles. The Bertz CT molecular complexity index is 290. The average Bonchev–Trinajstić information content (AvgIpc) is 2.10. The molecule has 0 spiro atoms. The Morgan fingerprint density at radius 2 is 1.21 bits per heavy atom. The third-order valence-electron chi connectivity index (χ3n) is 3.17. The molecule has 2 rings (SSSR count). The fourth-order valence-electron chi connectivity index (χ4n) is 1.71. The van der Waals surface area contributed by atoms with E-state index in [4.69, 9.17) is 10.5 Å². The fraction of sp³-hybridized carbons (Fsp3) is 0.800. The van der Waals surface area contributed by atoms with Gasteiger partial charge in [0.05, 0.1) is 36.1 Å². The Morgan fingerprint density at radius 1 is 0.786 bits per heavy atom. The standard InChI is InChI=1S/C10H12N4/c11-5-7-1-3-9(7)13-14-10-4-2-8(10)6-12/h7-10H,1-4H2.